The number of aromatic nitrogens is 1. The predicted octanol–water partition coefficient (Wildman–Crippen LogP) is 0.768. The summed E-state index contributed by atoms with van der Waals surface area (Å²) in [5.41, 5.74) is 0.733. The summed E-state index contributed by atoms with van der Waals surface area (Å²) in [6, 6.07) is 1.78. The van der Waals surface area contributed by atoms with E-state index in [9.17, 15) is 9.90 Å². The van der Waals surface area contributed by atoms with Crippen LogP contribution in [0.4, 0.5) is 5.88 Å². The Kier molecular flexibility index (Phi) is 4.33. The van der Waals surface area contributed by atoms with Crippen LogP contribution >= 0.6 is 0 Å². The van der Waals surface area contributed by atoms with Gasteiger partial charge >= 0.3 is 0 Å². The fourth-order valence-corrected chi connectivity index (χ4v) is 2.26. The Hall–Kier alpha value is -1.40. The Morgan fingerprint density at radius 2 is 2.50 bits per heavy atom. The lowest BCUT2D eigenvalue weighted by atomic mass is 10.0. The highest BCUT2D eigenvalue weighted by Crippen LogP contribution is 2.16. The lowest BCUT2D eigenvalue weighted by Gasteiger charge is -2.33. The zero-order valence-corrected chi connectivity index (χ0v) is 10.6. The molecular formula is C12H19N3O3. The smallest absolute Gasteiger partial charge is 0.240 e. The van der Waals surface area contributed by atoms with Gasteiger partial charge in [0.2, 0.25) is 11.8 Å². The third-order valence-electron chi connectivity index (χ3n) is 3.20. The van der Waals surface area contributed by atoms with Crippen molar-refractivity contribution in [2.24, 2.45) is 0 Å². The topological polar surface area (TPSA) is 78.6 Å². The van der Waals surface area contributed by atoms with E-state index in [1.54, 1.807) is 13.0 Å². The van der Waals surface area contributed by atoms with Crippen LogP contribution in [-0.4, -0.2) is 46.8 Å². The SMILES string of the molecule is Cc1cc(NC(=O)CN2CCCC[C@@H]2CO)on1. The van der Waals surface area contributed by atoms with Crippen molar-refractivity contribution < 1.29 is 14.4 Å². The summed E-state index contributed by atoms with van der Waals surface area (Å²) >= 11 is 0. The number of piperidine rings is 1. The van der Waals surface area contributed by atoms with Crippen molar-refractivity contribution in [3.8, 4) is 0 Å². The Morgan fingerprint density at radius 3 is 3.17 bits per heavy atom. The lowest BCUT2D eigenvalue weighted by molar-refractivity contribution is -0.118. The van der Waals surface area contributed by atoms with Crippen molar-refractivity contribution in [2.45, 2.75) is 32.2 Å². The number of hydrogen-bond donors (Lipinski definition) is 2. The van der Waals surface area contributed by atoms with Crippen LogP contribution in [0.15, 0.2) is 10.6 Å². The first-order valence-electron chi connectivity index (χ1n) is 6.27. The molecule has 1 aromatic rings. The molecule has 1 aliphatic heterocycles. The van der Waals surface area contributed by atoms with Crippen LogP contribution in [0.25, 0.3) is 0 Å². The van der Waals surface area contributed by atoms with E-state index in [1.165, 1.54) is 0 Å². The van der Waals surface area contributed by atoms with Crippen molar-refractivity contribution in [1.82, 2.24) is 10.1 Å². The molecule has 2 heterocycles. The van der Waals surface area contributed by atoms with Crippen molar-refractivity contribution >= 4 is 11.8 Å². The van der Waals surface area contributed by atoms with Gasteiger partial charge in [-0.25, -0.2) is 0 Å². The minimum absolute atomic E-state index is 0.0981. The monoisotopic (exact) mass is 253 g/mol. The molecule has 1 aliphatic rings. The second kappa shape index (κ2) is 5.97. The molecule has 6 nitrogen and oxygen atoms in total. The third-order valence-corrected chi connectivity index (χ3v) is 3.20. The van der Waals surface area contributed by atoms with Gasteiger partial charge in [-0.3, -0.25) is 15.0 Å². The van der Waals surface area contributed by atoms with E-state index in [4.69, 9.17) is 4.52 Å². The van der Waals surface area contributed by atoms with Gasteiger partial charge in [0.05, 0.1) is 18.8 Å². The average molecular weight is 253 g/mol. The molecule has 18 heavy (non-hydrogen) atoms. The molecule has 100 valence electrons. The first kappa shape index (κ1) is 13.0. The molecule has 2 rings (SSSR count). The second-order valence-electron chi connectivity index (χ2n) is 4.68. The van der Waals surface area contributed by atoms with E-state index >= 15 is 0 Å². The van der Waals surface area contributed by atoms with Crippen LogP contribution in [-0.2, 0) is 4.79 Å². The van der Waals surface area contributed by atoms with E-state index in [-0.39, 0.29) is 25.1 Å². The maximum atomic E-state index is 11.8. The minimum Gasteiger partial charge on any atom is -0.395 e. The third kappa shape index (κ3) is 3.30. The first-order chi connectivity index (χ1) is 8.69. The molecule has 0 saturated carbocycles. The molecule has 0 bridgehead atoms. The van der Waals surface area contributed by atoms with Crippen LogP contribution in [0, 0.1) is 6.92 Å². The van der Waals surface area contributed by atoms with Crippen molar-refractivity contribution in [2.75, 3.05) is 25.0 Å². The molecule has 6 heteroatoms. The number of likely N-dealkylation sites (tertiary alicyclic amines) is 1. The fourth-order valence-electron chi connectivity index (χ4n) is 2.26. The highest BCUT2D eigenvalue weighted by atomic mass is 16.5. The molecule has 2 N–H and O–H groups in total. The number of aliphatic hydroxyl groups is 1. The van der Waals surface area contributed by atoms with Crippen LogP contribution in [0.5, 0.6) is 0 Å². The van der Waals surface area contributed by atoms with Gasteiger partial charge in [0, 0.05) is 12.1 Å². The van der Waals surface area contributed by atoms with Crippen molar-refractivity contribution in [3.63, 3.8) is 0 Å². The number of nitrogens with zero attached hydrogens (tertiary/aromatic N) is 2. The number of aliphatic hydroxyl groups excluding tert-OH is 1. The number of amides is 1. The number of carbonyl (C=O) groups is 1. The lowest BCUT2D eigenvalue weighted by Crippen LogP contribution is -2.45. The van der Waals surface area contributed by atoms with Gasteiger partial charge in [-0.2, -0.15) is 0 Å². The maximum absolute atomic E-state index is 11.8. The highest BCUT2D eigenvalue weighted by Gasteiger charge is 2.23. The number of rotatable bonds is 4. The molecule has 1 amide bonds. The molecular weight excluding hydrogens is 234 g/mol. The van der Waals surface area contributed by atoms with Gasteiger partial charge in [0.25, 0.3) is 0 Å². The quantitative estimate of drug-likeness (QED) is 0.828. The van der Waals surface area contributed by atoms with Crippen molar-refractivity contribution in [1.29, 1.82) is 0 Å². The molecule has 1 fully saturated rings. The minimum atomic E-state index is -0.133. The van der Waals surface area contributed by atoms with Crippen LogP contribution in [0.3, 0.4) is 0 Å². The predicted molar refractivity (Wildman–Crippen MR) is 66.2 cm³/mol. The van der Waals surface area contributed by atoms with Gasteiger partial charge in [0.1, 0.15) is 0 Å². The van der Waals surface area contributed by atoms with Crippen LogP contribution in [0.2, 0.25) is 0 Å². The Balaban J connectivity index is 1.86. The van der Waals surface area contributed by atoms with E-state index in [0.29, 0.717) is 5.88 Å². The Morgan fingerprint density at radius 1 is 1.67 bits per heavy atom. The number of anilines is 1. The average Bonchev–Trinajstić information content (AvgIpc) is 2.75. The summed E-state index contributed by atoms with van der Waals surface area (Å²) < 4.78 is 4.93. The molecule has 0 unspecified atom stereocenters. The second-order valence-corrected chi connectivity index (χ2v) is 4.68. The molecule has 1 aromatic heterocycles. The van der Waals surface area contributed by atoms with E-state index < -0.39 is 0 Å². The van der Waals surface area contributed by atoms with Gasteiger partial charge in [0.15, 0.2) is 0 Å². The summed E-state index contributed by atoms with van der Waals surface area (Å²) in [4.78, 5) is 13.8. The molecule has 1 saturated heterocycles. The molecule has 0 spiro atoms. The number of aryl methyl sites for hydroxylation is 1. The summed E-state index contributed by atoms with van der Waals surface area (Å²) in [6.45, 7) is 3.04. The van der Waals surface area contributed by atoms with E-state index in [1.807, 2.05) is 4.90 Å². The largest absolute Gasteiger partial charge is 0.395 e. The first-order valence-corrected chi connectivity index (χ1v) is 6.27. The summed E-state index contributed by atoms with van der Waals surface area (Å²) in [6.07, 6.45) is 3.14. The molecule has 0 aromatic carbocycles. The van der Waals surface area contributed by atoms with E-state index in [0.717, 1.165) is 31.5 Å². The zero-order chi connectivity index (χ0) is 13.0. The summed E-state index contributed by atoms with van der Waals surface area (Å²) in [5.74, 6) is 0.238. The van der Waals surface area contributed by atoms with Crippen molar-refractivity contribution in [3.05, 3.63) is 11.8 Å². The number of nitrogens with one attached hydrogen (secondary N) is 1. The Bertz CT molecular complexity index is 405. The molecule has 1 atom stereocenters. The van der Waals surface area contributed by atoms with Gasteiger partial charge in [-0.05, 0) is 26.3 Å². The van der Waals surface area contributed by atoms with Gasteiger partial charge < -0.3 is 9.63 Å². The van der Waals surface area contributed by atoms with E-state index in [2.05, 4.69) is 10.5 Å². The number of hydrogen-bond acceptors (Lipinski definition) is 5. The zero-order valence-electron chi connectivity index (χ0n) is 10.6. The Labute approximate surface area is 106 Å². The van der Waals surface area contributed by atoms with Gasteiger partial charge in [-0.15, -0.1) is 0 Å². The van der Waals surface area contributed by atoms with Crippen LogP contribution < -0.4 is 5.32 Å². The summed E-state index contributed by atoms with van der Waals surface area (Å²) in [7, 11) is 0. The highest BCUT2D eigenvalue weighted by molar-refractivity contribution is 5.91. The standard InChI is InChI=1S/C12H19N3O3/c1-9-6-12(18-14-9)13-11(17)7-15-5-3-2-4-10(15)8-16/h6,10,16H,2-5,7-8H2,1H3,(H,13,17)/t10-/m1/s1. The maximum Gasteiger partial charge on any atom is 0.240 e. The number of carbonyl (C=O) groups excluding carboxylic acids is 1. The molecule has 0 radical (unpaired) electrons. The normalized spacial score (nSPS) is 20.9. The summed E-state index contributed by atoms with van der Waals surface area (Å²) in [5, 5.41) is 15.6. The van der Waals surface area contributed by atoms with Gasteiger partial charge in [-0.1, -0.05) is 11.6 Å². The van der Waals surface area contributed by atoms with Crippen LogP contribution in [0.1, 0.15) is 25.0 Å². The molecule has 0 aliphatic carbocycles. The fraction of sp³-hybridized carbons (Fsp3) is 0.667.